The predicted octanol–water partition coefficient (Wildman–Crippen LogP) is -1.76. The third kappa shape index (κ3) is 3.18. The van der Waals surface area contributed by atoms with E-state index in [9.17, 15) is 9.59 Å². The fraction of sp³-hybridized carbons (Fsp3) is 0. The number of anilines is 1. The molecule has 1 aromatic carbocycles. The smallest absolute Gasteiger partial charge is 0.400 e. The van der Waals surface area contributed by atoms with Crippen LogP contribution in [0.15, 0.2) is 27.8 Å². The number of fused-ring (bicyclic) bond motifs is 1. The lowest BCUT2D eigenvalue weighted by Gasteiger charge is -1.97. The average Bonchev–Trinajstić information content (AvgIpc) is 2.35. The highest BCUT2D eigenvalue weighted by atomic mass is 17.1. The lowest BCUT2D eigenvalue weighted by molar-refractivity contribution is -0.173. The van der Waals surface area contributed by atoms with Crippen LogP contribution in [0.3, 0.4) is 0 Å². The van der Waals surface area contributed by atoms with Gasteiger partial charge in [0.15, 0.2) is 0 Å². The van der Waals surface area contributed by atoms with E-state index in [1.54, 1.807) is 18.2 Å². The lowest BCUT2D eigenvalue weighted by atomic mass is 10.2. The molecule has 0 radical (unpaired) electrons. The maximum atomic E-state index is 11.2. The van der Waals surface area contributed by atoms with Crippen molar-refractivity contribution >= 4 is 23.8 Å². The molecule has 9 nitrogen and oxygen atoms in total. The Morgan fingerprint density at radius 2 is 1.72 bits per heavy atom. The largest absolute Gasteiger partial charge is 0.662 e. The molecule has 0 aliphatic carbocycles. The monoisotopic (exact) mass is 255 g/mol. The van der Waals surface area contributed by atoms with Crippen LogP contribution in [-0.4, -0.2) is 32.8 Å². The zero-order valence-electron chi connectivity index (χ0n) is 8.95. The quantitative estimate of drug-likeness (QED) is 0.152. The summed E-state index contributed by atoms with van der Waals surface area (Å²) in [6.45, 7) is 0. The summed E-state index contributed by atoms with van der Waals surface area (Å²) in [5.41, 5.74) is 5.14. The van der Waals surface area contributed by atoms with E-state index in [4.69, 9.17) is 21.0 Å². The van der Waals surface area contributed by atoms with Crippen molar-refractivity contribution in [1.82, 2.24) is 10.2 Å². The van der Waals surface area contributed by atoms with Gasteiger partial charge in [-0.05, 0) is 12.1 Å². The molecule has 0 amide bonds. The first-order valence-corrected chi connectivity index (χ1v) is 4.63. The number of hydrogen-bond acceptors (Lipinski definition) is 7. The van der Waals surface area contributed by atoms with Gasteiger partial charge in [0.2, 0.25) is 0 Å². The number of nitrogens with one attached hydrogen (secondary N) is 2. The Hall–Kier alpha value is -2.14. The Morgan fingerprint density at radius 3 is 2.22 bits per heavy atom. The second-order valence-corrected chi connectivity index (χ2v) is 3.11. The van der Waals surface area contributed by atoms with Gasteiger partial charge in [-0.1, -0.05) is 6.07 Å². The van der Waals surface area contributed by atoms with E-state index in [2.05, 4.69) is 15.0 Å². The van der Waals surface area contributed by atoms with E-state index < -0.39 is 7.32 Å². The molecule has 96 valence electrons. The zero-order chi connectivity index (χ0) is 13.7. The molecule has 0 fully saturated rings. The first-order valence-electron chi connectivity index (χ1n) is 4.63. The number of rotatable bonds is 1. The third-order valence-electron chi connectivity index (χ3n) is 1.95. The van der Waals surface area contributed by atoms with Crippen LogP contribution in [0.1, 0.15) is 0 Å². The maximum absolute atomic E-state index is 11.2. The summed E-state index contributed by atoms with van der Waals surface area (Å²) in [7, 11) is -2.06. The summed E-state index contributed by atoms with van der Waals surface area (Å²) in [5, 5.41) is 27.0. The molecule has 0 unspecified atom stereocenters. The molecule has 0 saturated carbocycles. The van der Waals surface area contributed by atoms with Crippen LogP contribution in [0.5, 0.6) is 0 Å². The molecule has 0 saturated heterocycles. The van der Waals surface area contributed by atoms with Gasteiger partial charge >= 0.3 is 7.32 Å². The van der Waals surface area contributed by atoms with Crippen molar-refractivity contribution < 1.29 is 20.1 Å². The van der Waals surface area contributed by atoms with E-state index in [-0.39, 0.29) is 16.5 Å². The van der Waals surface area contributed by atoms with Gasteiger partial charge in [0.05, 0.1) is 10.8 Å². The summed E-state index contributed by atoms with van der Waals surface area (Å²) in [4.78, 5) is 25.3. The highest BCUT2D eigenvalue weighted by Crippen LogP contribution is 2.11. The van der Waals surface area contributed by atoms with Crippen LogP contribution in [0.25, 0.3) is 10.8 Å². The topological polar surface area (TPSA) is 162 Å². The summed E-state index contributed by atoms with van der Waals surface area (Å²) in [5.74, 6) is 0. The molecule has 0 bridgehead atoms. The minimum Gasteiger partial charge on any atom is -0.400 e. The number of hydrogen-bond donors (Lipinski definition) is 6. The molecule has 0 aliphatic heterocycles. The van der Waals surface area contributed by atoms with Crippen LogP contribution >= 0.6 is 0 Å². The summed E-state index contributed by atoms with van der Waals surface area (Å²) >= 11 is 0. The van der Waals surface area contributed by atoms with E-state index in [1.807, 2.05) is 0 Å². The standard InChI is InChI=1S/C8H7N3O2.BH3O4/c9-5-3-1-2-4-6(5)8(13)11-10-7(4)12;2-1(3)5-4/h1-3H,9H2,(H,10,12)(H,11,13);2-4H. The Kier molecular flexibility index (Phi) is 4.63. The maximum Gasteiger partial charge on any atom is 0.662 e. The van der Waals surface area contributed by atoms with Gasteiger partial charge in [0, 0.05) is 5.69 Å². The predicted molar refractivity (Wildman–Crippen MR) is 63.5 cm³/mol. The second kappa shape index (κ2) is 5.98. The van der Waals surface area contributed by atoms with Gasteiger partial charge < -0.3 is 15.8 Å². The fourth-order valence-electron chi connectivity index (χ4n) is 1.26. The van der Waals surface area contributed by atoms with Crippen molar-refractivity contribution in [2.75, 3.05) is 5.73 Å². The van der Waals surface area contributed by atoms with E-state index in [1.165, 1.54) is 0 Å². The highest BCUT2D eigenvalue weighted by Gasteiger charge is 2.04. The average molecular weight is 255 g/mol. The van der Waals surface area contributed by atoms with Crippen molar-refractivity contribution in [2.45, 2.75) is 0 Å². The Morgan fingerprint density at radius 1 is 1.17 bits per heavy atom. The molecule has 1 heterocycles. The first-order chi connectivity index (χ1) is 8.47. The van der Waals surface area contributed by atoms with Crippen molar-refractivity contribution in [1.29, 1.82) is 0 Å². The van der Waals surface area contributed by atoms with Crippen molar-refractivity contribution in [3.05, 3.63) is 38.9 Å². The number of aromatic amines is 2. The Balaban J connectivity index is 0.000000280. The number of nitrogen functional groups attached to an aromatic ring is 1. The molecule has 7 N–H and O–H groups in total. The molecule has 2 rings (SSSR count). The normalized spacial score (nSPS) is 9.72. The minimum atomic E-state index is -2.06. The van der Waals surface area contributed by atoms with Gasteiger partial charge in [-0.2, -0.15) is 0 Å². The summed E-state index contributed by atoms with van der Waals surface area (Å²) in [6.07, 6.45) is 0. The number of H-pyrrole nitrogens is 2. The zero-order valence-corrected chi connectivity index (χ0v) is 8.95. The summed E-state index contributed by atoms with van der Waals surface area (Å²) in [6, 6.07) is 4.77. The SMILES string of the molecule is Nc1cccc2c(=O)[nH][nH]c(=O)c12.OOB(O)O. The first kappa shape index (κ1) is 13.9. The van der Waals surface area contributed by atoms with Crippen LogP contribution in [0.4, 0.5) is 5.69 Å². The molecule has 1 aromatic heterocycles. The van der Waals surface area contributed by atoms with Crippen LogP contribution in [0.2, 0.25) is 0 Å². The van der Waals surface area contributed by atoms with Crippen LogP contribution in [-0.2, 0) is 4.81 Å². The lowest BCUT2D eigenvalue weighted by Crippen LogP contribution is -2.19. The van der Waals surface area contributed by atoms with Crippen molar-refractivity contribution in [3.8, 4) is 0 Å². The fourth-order valence-corrected chi connectivity index (χ4v) is 1.26. The molecule has 18 heavy (non-hydrogen) atoms. The van der Waals surface area contributed by atoms with Gasteiger partial charge in [-0.15, -0.1) is 0 Å². The Labute approximate surface area is 99.5 Å². The van der Waals surface area contributed by atoms with Gasteiger partial charge in [0.1, 0.15) is 0 Å². The van der Waals surface area contributed by atoms with E-state index in [0.29, 0.717) is 11.1 Å². The van der Waals surface area contributed by atoms with E-state index >= 15 is 0 Å². The van der Waals surface area contributed by atoms with Crippen molar-refractivity contribution in [3.63, 3.8) is 0 Å². The number of aromatic nitrogens is 2. The van der Waals surface area contributed by atoms with E-state index in [0.717, 1.165) is 0 Å². The highest BCUT2D eigenvalue weighted by molar-refractivity contribution is 6.32. The second-order valence-electron chi connectivity index (χ2n) is 3.11. The van der Waals surface area contributed by atoms with Crippen molar-refractivity contribution in [2.24, 2.45) is 0 Å². The minimum absolute atomic E-state index is 0.242. The molecule has 0 spiro atoms. The number of nitrogens with two attached hydrogens (primary N) is 1. The summed E-state index contributed by atoms with van der Waals surface area (Å²) < 4.78 is 0. The van der Waals surface area contributed by atoms with Gasteiger partial charge in [-0.3, -0.25) is 25.0 Å². The van der Waals surface area contributed by atoms with Crippen LogP contribution < -0.4 is 16.9 Å². The van der Waals surface area contributed by atoms with Gasteiger partial charge in [0.25, 0.3) is 11.1 Å². The molecule has 10 heteroatoms. The number of benzene rings is 1. The molecule has 0 atom stereocenters. The van der Waals surface area contributed by atoms with Gasteiger partial charge in [-0.25, -0.2) is 4.81 Å². The molecular weight excluding hydrogens is 245 g/mol. The van der Waals surface area contributed by atoms with Crippen LogP contribution in [0, 0.1) is 0 Å². The molecule has 2 aromatic rings. The Bertz CT molecular complexity index is 637. The molecular formula is C8H10BN3O6. The third-order valence-corrected chi connectivity index (χ3v) is 1.95. The molecule has 0 aliphatic rings.